The van der Waals surface area contributed by atoms with Crippen LogP contribution < -0.4 is 4.74 Å². The third kappa shape index (κ3) is 2.18. The zero-order valence-corrected chi connectivity index (χ0v) is 12.8. The first-order chi connectivity index (χ1) is 10.4. The molecule has 1 saturated heterocycles. The minimum atomic E-state index is -0.944. The third-order valence-corrected chi connectivity index (χ3v) is 4.41. The molecule has 1 aliphatic heterocycles. The van der Waals surface area contributed by atoms with Crippen molar-refractivity contribution in [3.63, 3.8) is 0 Å². The van der Waals surface area contributed by atoms with E-state index in [0.29, 0.717) is 29.7 Å². The van der Waals surface area contributed by atoms with Crippen LogP contribution in [0.2, 0.25) is 0 Å². The van der Waals surface area contributed by atoms with Gasteiger partial charge < -0.3 is 19.3 Å². The molecular formula is C16H19FO5. The van der Waals surface area contributed by atoms with Crippen LogP contribution in [0.15, 0.2) is 12.1 Å². The Morgan fingerprint density at radius 2 is 2.18 bits per heavy atom. The van der Waals surface area contributed by atoms with Gasteiger partial charge in [0.15, 0.2) is 6.29 Å². The predicted molar refractivity (Wildman–Crippen MR) is 75.0 cm³/mol. The molecule has 2 aliphatic rings. The lowest BCUT2D eigenvalue weighted by Crippen LogP contribution is -2.49. The van der Waals surface area contributed by atoms with E-state index in [1.165, 1.54) is 13.2 Å². The minimum Gasteiger partial charge on any atom is -0.496 e. The molecule has 120 valence electrons. The standard InChI is InChI=1S/C16H19FO5/c1-4-16(21-8(2)22-16)11-5-6-12(17)13(14(11)20-3)9-7-10(9)15(18)19/h5-6,8-10H,4,7H2,1-3H3,(H,18,19)/t8?,9-,10+,16?/m0/s1. The van der Waals surface area contributed by atoms with Gasteiger partial charge in [-0.3, -0.25) is 4.79 Å². The van der Waals surface area contributed by atoms with E-state index in [2.05, 4.69) is 0 Å². The summed E-state index contributed by atoms with van der Waals surface area (Å²) in [6.07, 6.45) is 0.639. The molecule has 2 fully saturated rings. The highest BCUT2D eigenvalue weighted by molar-refractivity contribution is 5.76. The summed E-state index contributed by atoms with van der Waals surface area (Å²) in [5.74, 6) is -2.89. The molecule has 2 atom stereocenters. The van der Waals surface area contributed by atoms with Crippen molar-refractivity contribution in [3.05, 3.63) is 29.1 Å². The molecule has 0 radical (unpaired) electrons. The van der Waals surface area contributed by atoms with Gasteiger partial charge in [0, 0.05) is 17.9 Å². The molecule has 1 heterocycles. The number of benzene rings is 1. The average Bonchev–Trinajstić information content (AvgIpc) is 3.23. The molecular weight excluding hydrogens is 291 g/mol. The molecule has 0 aromatic heterocycles. The molecule has 22 heavy (non-hydrogen) atoms. The summed E-state index contributed by atoms with van der Waals surface area (Å²) in [5, 5.41) is 9.09. The second kappa shape index (κ2) is 5.21. The molecule has 0 spiro atoms. The summed E-state index contributed by atoms with van der Waals surface area (Å²) < 4.78 is 31.2. The number of hydrogen-bond donors (Lipinski definition) is 1. The Balaban J connectivity index is 2.04. The van der Waals surface area contributed by atoms with Crippen molar-refractivity contribution in [1.29, 1.82) is 0 Å². The van der Waals surface area contributed by atoms with E-state index >= 15 is 0 Å². The van der Waals surface area contributed by atoms with Crippen LogP contribution >= 0.6 is 0 Å². The summed E-state index contributed by atoms with van der Waals surface area (Å²) in [6.45, 7) is 3.69. The summed E-state index contributed by atoms with van der Waals surface area (Å²) >= 11 is 0. The van der Waals surface area contributed by atoms with Gasteiger partial charge in [0.1, 0.15) is 11.6 Å². The lowest BCUT2D eigenvalue weighted by atomic mass is 9.94. The van der Waals surface area contributed by atoms with Gasteiger partial charge >= 0.3 is 5.97 Å². The van der Waals surface area contributed by atoms with E-state index in [-0.39, 0.29) is 12.2 Å². The van der Waals surface area contributed by atoms with Gasteiger partial charge in [0.25, 0.3) is 0 Å². The van der Waals surface area contributed by atoms with Crippen molar-refractivity contribution >= 4 is 5.97 Å². The summed E-state index contributed by atoms with van der Waals surface area (Å²) in [4.78, 5) is 11.1. The molecule has 1 N–H and O–H groups in total. The molecule has 1 aromatic carbocycles. The van der Waals surface area contributed by atoms with Crippen LogP contribution in [0.4, 0.5) is 4.39 Å². The van der Waals surface area contributed by atoms with Crippen molar-refractivity contribution < 1.29 is 28.5 Å². The zero-order chi connectivity index (χ0) is 16.1. The number of halogens is 1. The van der Waals surface area contributed by atoms with Crippen LogP contribution in [0.3, 0.4) is 0 Å². The molecule has 0 unspecified atom stereocenters. The summed E-state index contributed by atoms with van der Waals surface area (Å²) in [6, 6.07) is 2.92. The van der Waals surface area contributed by atoms with Crippen LogP contribution in [0.25, 0.3) is 0 Å². The van der Waals surface area contributed by atoms with E-state index < -0.39 is 23.5 Å². The Hall–Kier alpha value is -1.66. The van der Waals surface area contributed by atoms with Crippen molar-refractivity contribution in [2.75, 3.05) is 7.11 Å². The van der Waals surface area contributed by atoms with Crippen LogP contribution in [0, 0.1) is 11.7 Å². The Labute approximate surface area is 128 Å². The lowest BCUT2D eigenvalue weighted by Gasteiger charge is -2.46. The van der Waals surface area contributed by atoms with Gasteiger partial charge in [-0.15, -0.1) is 0 Å². The third-order valence-electron chi connectivity index (χ3n) is 4.41. The normalized spacial score (nSPS) is 33.2. The Bertz CT molecular complexity index is 609. The Morgan fingerprint density at radius 3 is 2.64 bits per heavy atom. The highest BCUT2D eigenvalue weighted by Crippen LogP contribution is 2.55. The van der Waals surface area contributed by atoms with Crippen LogP contribution in [0.1, 0.15) is 43.7 Å². The van der Waals surface area contributed by atoms with Crippen LogP contribution in [0.5, 0.6) is 5.75 Å². The molecule has 5 nitrogen and oxygen atoms in total. The van der Waals surface area contributed by atoms with Gasteiger partial charge in [-0.2, -0.15) is 0 Å². The number of carboxylic acid groups (broad SMARTS) is 1. The molecule has 1 aromatic rings. The van der Waals surface area contributed by atoms with Crippen molar-refractivity contribution in [3.8, 4) is 5.75 Å². The van der Waals surface area contributed by atoms with Gasteiger partial charge in [0.05, 0.1) is 18.6 Å². The van der Waals surface area contributed by atoms with Gasteiger partial charge in [-0.1, -0.05) is 6.92 Å². The van der Waals surface area contributed by atoms with Crippen molar-refractivity contribution in [2.24, 2.45) is 5.92 Å². The van der Waals surface area contributed by atoms with Crippen molar-refractivity contribution in [2.45, 2.75) is 44.7 Å². The van der Waals surface area contributed by atoms with E-state index in [9.17, 15) is 9.18 Å². The van der Waals surface area contributed by atoms with Gasteiger partial charge in [-0.25, -0.2) is 4.39 Å². The number of ether oxygens (including phenoxy) is 3. The smallest absolute Gasteiger partial charge is 0.307 e. The summed E-state index contributed by atoms with van der Waals surface area (Å²) in [7, 11) is 1.45. The molecule has 0 amide bonds. The fourth-order valence-corrected chi connectivity index (χ4v) is 3.26. The number of rotatable bonds is 5. The Morgan fingerprint density at radius 1 is 1.50 bits per heavy atom. The zero-order valence-electron chi connectivity index (χ0n) is 12.8. The maximum atomic E-state index is 14.3. The first kappa shape index (κ1) is 15.2. The van der Waals surface area contributed by atoms with E-state index in [1.54, 1.807) is 13.0 Å². The molecule has 3 rings (SSSR count). The molecule has 1 saturated carbocycles. The number of methoxy groups -OCH3 is 1. The molecule has 1 aliphatic carbocycles. The highest BCUT2D eigenvalue weighted by Gasteiger charge is 2.51. The first-order valence-corrected chi connectivity index (χ1v) is 7.38. The fraction of sp³-hybridized carbons (Fsp3) is 0.562. The monoisotopic (exact) mass is 310 g/mol. The summed E-state index contributed by atoms with van der Waals surface area (Å²) in [5.41, 5.74) is 0.926. The van der Waals surface area contributed by atoms with E-state index in [1.807, 2.05) is 6.92 Å². The topological polar surface area (TPSA) is 65.0 Å². The predicted octanol–water partition coefficient (Wildman–Crippen LogP) is 2.98. The van der Waals surface area contributed by atoms with Crippen molar-refractivity contribution in [1.82, 2.24) is 0 Å². The second-order valence-electron chi connectivity index (χ2n) is 5.74. The first-order valence-electron chi connectivity index (χ1n) is 7.38. The number of carboxylic acids is 1. The Kier molecular flexibility index (Phi) is 3.61. The van der Waals surface area contributed by atoms with E-state index in [0.717, 1.165) is 0 Å². The quantitative estimate of drug-likeness (QED) is 0.905. The number of carbonyl (C=O) groups is 1. The number of aliphatic carboxylic acids is 1. The van der Waals surface area contributed by atoms with E-state index in [4.69, 9.17) is 19.3 Å². The maximum absolute atomic E-state index is 14.3. The molecule has 0 bridgehead atoms. The van der Waals surface area contributed by atoms with Gasteiger partial charge in [0.2, 0.25) is 5.79 Å². The average molecular weight is 310 g/mol. The largest absolute Gasteiger partial charge is 0.496 e. The number of hydrogen-bond acceptors (Lipinski definition) is 4. The molecule has 6 heteroatoms. The minimum absolute atomic E-state index is 0.312. The van der Waals surface area contributed by atoms with Gasteiger partial charge in [-0.05, 0) is 25.5 Å². The SMILES string of the molecule is CCC1(c2ccc(F)c([C@H]3C[C@H]3C(=O)O)c2OC)OC(C)O1. The van der Waals surface area contributed by atoms with Crippen LogP contribution in [-0.2, 0) is 20.1 Å². The second-order valence-corrected chi connectivity index (χ2v) is 5.74. The fourth-order valence-electron chi connectivity index (χ4n) is 3.26. The highest BCUT2D eigenvalue weighted by atomic mass is 19.1. The maximum Gasteiger partial charge on any atom is 0.307 e. The lowest BCUT2D eigenvalue weighted by molar-refractivity contribution is -0.457. The van der Waals surface area contributed by atoms with Crippen LogP contribution in [-0.4, -0.2) is 24.5 Å².